The third-order valence-corrected chi connectivity index (χ3v) is 2.99. The molecule has 1 aromatic heterocycles. The number of hydrogen-bond acceptors (Lipinski definition) is 5. The molecule has 6 heteroatoms. The van der Waals surface area contributed by atoms with Crippen molar-refractivity contribution in [2.24, 2.45) is 0 Å². The number of aliphatic hydroxyl groups excluding tert-OH is 1. The van der Waals surface area contributed by atoms with Gasteiger partial charge in [-0.15, -0.1) is 10.2 Å². The maximum atomic E-state index is 9.88. The summed E-state index contributed by atoms with van der Waals surface area (Å²) in [7, 11) is 0. The van der Waals surface area contributed by atoms with Gasteiger partial charge in [0, 0.05) is 26.2 Å². The largest absolute Gasteiger partial charge is 0.390 e. The standard InChI is InChI=1S/C11H21N5O/c1-2-3-12-6-10(17)7-15-4-5-16-9-13-14-11(16)8-15/h9-10,12,17H,2-8H2,1H3. The number of nitrogens with one attached hydrogen (secondary N) is 1. The van der Waals surface area contributed by atoms with E-state index in [0.29, 0.717) is 13.1 Å². The van der Waals surface area contributed by atoms with Crippen LogP contribution in [0.2, 0.25) is 0 Å². The highest BCUT2D eigenvalue weighted by Gasteiger charge is 2.19. The molecule has 1 atom stereocenters. The predicted molar refractivity (Wildman–Crippen MR) is 64.5 cm³/mol. The lowest BCUT2D eigenvalue weighted by Gasteiger charge is -2.28. The van der Waals surface area contributed by atoms with Crippen molar-refractivity contribution in [1.82, 2.24) is 25.0 Å². The summed E-state index contributed by atoms with van der Waals surface area (Å²) in [5.74, 6) is 0.991. The van der Waals surface area contributed by atoms with Gasteiger partial charge in [0.05, 0.1) is 12.6 Å². The maximum Gasteiger partial charge on any atom is 0.147 e. The zero-order valence-electron chi connectivity index (χ0n) is 10.3. The molecule has 0 saturated carbocycles. The van der Waals surface area contributed by atoms with E-state index in [-0.39, 0.29) is 6.10 Å². The molecule has 1 aliphatic rings. The first kappa shape index (κ1) is 12.5. The van der Waals surface area contributed by atoms with Crippen LogP contribution in [0.5, 0.6) is 0 Å². The highest BCUT2D eigenvalue weighted by atomic mass is 16.3. The molecule has 0 radical (unpaired) electrons. The van der Waals surface area contributed by atoms with E-state index in [4.69, 9.17) is 0 Å². The van der Waals surface area contributed by atoms with Crippen LogP contribution in [0.3, 0.4) is 0 Å². The fraction of sp³-hybridized carbons (Fsp3) is 0.818. The molecule has 1 unspecified atom stereocenters. The number of β-amino-alcohol motifs (C(OH)–C–C–N with tert-alkyl or cyclic N) is 1. The van der Waals surface area contributed by atoms with Crippen LogP contribution in [-0.2, 0) is 13.1 Å². The first-order chi connectivity index (χ1) is 8.29. The van der Waals surface area contributed by atoms with Gasteiger partial charge in [-0.3, -0.25) is 4.90 Å². The highest BCUT2D eigenvalue weighted by Crippen LogP contribution is 2.08. The van der Waals surface area contributed by atoms with Crippen molar-refractivity contribution in [2.45, 2.75) is 32.5 Å². The van der Waals surface area contributed by atoms with E-state index in [1.165, 1.54) is 0 Å². The van der Waals surface area contributed by atoms with Crippen molar-refractivity contribution in [3.8, 4) is 0 Å². The summed E-state index contributed by atoms with van der Waals surface area (Å²) in [6.45, 7) is 7.10. The van der Waals surface area contributed by atoms with Crippen molar-refractivity contribution >= 4 is 0 Å². The Balaban J connectivity index is 1.74. The monoisotopic (exact) mass is 239 g/mol. The average molecular weight is 239 g/mol. The molecular formula is C11H21N5O. The molecule has 96 valence electrons. The third-order valence-electron chi connectivity index (χ3n) is 2.99. The Kier molecular flexibility index (Phi) is 4.47. The lowest BCUT2D eigenvalue weighted by molar-refractivity contribution is 0.0954. The van der Waals surface area contributed by atoms with Crippen molar-refractivity contribution in [3.63, 3.8) is 0 Å². The van der Waals surface area contributed by atoms with Crippen LogP contribution in [0.4, 0.5) is 0 Å². The van der Waals surface area contributed by atoms with Gasteiger partial charge < -0.3 is 15.0 Å². The number of rotatable bonds is 6. The summed E-state index contributed by atoms with van der Waals surface area (Å²) in [5.41, 5.74) is 0. The van der Waals surface area contributed by atoms with Crippen LogP contribution in [0.15, 0.2) is 6.33 Å². The lowest BCUT2D eigenvalue weighted by atomic mass is 10.2. The van der Waals surface area contributed by atoms with Crippen LogP contribution >= 0.6 is 0 Å². The van der Waals surface area contributed by atoms with E-state index in [9.17, 15) is 5.11 Å². The minimum Gasteiger partial charge on any atom is -0.390 e. The molecule has 0 bridgehead atoms. The maximum absolute atomic E-state index is 9.88. The second kappa shape index (κ2) is 6.09. The van der Waals surface area contributed by atoms with E-state index in [1.807, 2.05) is 0 Å². The van der Waals surface area contributed by atoms with Gasteiger partial charge in [0.25, 0.3) is 0 Å². The molecule has 0 spiro atoms. The van der Waals surface area contributed by atoms with Crippen molar-refractivity contribution < 1.29 is 5.11 Å². The van der Waals surface area contributed by atoms with Crippen LogP contribution in [0.25, 0.3) is 0 Å². The summed E-state index contributed by atoms with van der Waals surface area (Å²) < 4.78 is 2.07. The first-order valence-electron chi connectivity index (χ1n) is 6.27. The fourth-order valence-corrected chi connectivity index (χ4v) is 2.08. The molecule has 0 saturated heterocycles. The van der Waals surface area contributed by atoms with Crippen molar-refractivity contribution in [1.29, 1.82) is 0 Å². The third kappa shape index (κ3) is 3.49. The van der Waals surface area contributed by atoms with Crippen LogP contribution < -0.4 is 5.32 Å². The van der Waals surface area contributed by atoms with Gasteiger partial charge >= 0.3 is 0 Å². The Morgan fingerprint density at radius 1 is 1.53 bits per heavy atom. The van der Waals surface area contributed by atoms with E-state index in [0.717, 1.165) is 38.4 Å². The van der Waals surface area contributed by atoms with Gasteiger partial charge in [-0.25, -0.2) is 0 Å². The molecule has 17 heavy (non-hydrogen) atoms. The van der Waals surface area contributed by atoms with Crippen LogP contribution in [-0.4, -0.2) is 57.1 Å². The Morgan fingerprint density at radius 3 is 3.24 bits per heavy atom. The number of nitrogens with zero attached hydrogens (tertiary/aromatic N) is 4. The number of hydrogen-bond donors (Lipinski definition) is 2. The average Bonchev–Trinajstić information content (AvgIpc) is 2.76. The molecule has 2 N–H and O–H groups in total. The summed E-state index contributed by atoms with van der Waals surface area (Å²) >= 11 is 0. The summed E-state index contributed by atoms with van der Waals surface area (Å²) in [4.78, 5) is 2.22. The minimum absolute atomic E-state index is 0.309. The predicted octanol–water partition coefficient (Wildman–Crippen LogP) is -0.546. The highest BCUT2D eigenvalue weighted by molar-refractivity contribution is 4.90. The molecule has 1 aromatic rings. The Morgan fingerprint density at radius 2 is 2.41 bits per heavy atom. The molecule has 0 amide bonds. The Hall–Kier alpha value is -0.980. The number of fused-ring (bicyclic) bond motifs is 1. The van der Waals surface area contributed by atoms with Gasteiger partial charge in [-0.2, -0.15) is 0 Å². The first-order valence-corrected chi connectivity index (χ1v) is 6.27. The van der Waals surface area contributed by atoms with Crippen LogP contribution in [0, 0.1) is 0 Å². The molecule has 2 rings (SSSR count). The molecule has 1 aliphatic heterocycles. The minimum atomic E-state index is -0.309. The molecule has 0 aliphatic carbocycles. The second-order valence-electron chi connectivity index (χ2n) is 4.53. The second-order valence-corrected chi connectivity index (χ2v) is 4.53. The molecule has 0 fully saturated rings. The molecular weight excluding hydrogens is 218 g/mol. The summed E-state index contributed by atoms with van der Waals surface area (Å²) in [6, 6.07) is 0. The SMILES string of the molecule is CCCNCC(O)CN1CCn2cnnc2C1. The molecule has 6 nitrogen and oxygen atoms in total. The Labute approximate surface area is 102 Å². The van der Waals surface area contributed by atoms with Crippen molar-refractivity contribution in [2.75, 3.05) is 26.2 Å². The van der Waals surface area contributed by atoms with Gasteiger partial charge in [0.1, 0.15) is 12.2 Å². The Bertz CT molecular complexity index is 340. The lowest BCUT2D eigenvalue weighted by Crippen LogP contribution is -2.42. The van der Waals surface area contributed by atoms with Gasteiger partial charge in [-0.05, 0) is 13.0 Å². The van der Waals surface area contributed by atoms with E-state index in [2.05, 4.69) is 31.9 Å². The van der Waals surface area contributed by atoms with Gasteiger partial charge in [0.15, 0.2) is 0 Å². The van der Waals surface area contributed by atoms with Gasteiger partial charge in [0.2, 0.25) is 0 Å². The summed E-state index contributed by atoms with van der Waals surface area (Å²) in [6.07, 6.45) is 2.56. The van der Waals surface area contributed by atoms with Gasteiger partial charge in [-0.1, -0.05) is 6.92 Å². The van der Waals surface area contributed by atoms with Crippen molar-refractivity contribution in [3.05, 3.63) is 12.2 Å². The van der Waals surface area contributed by atoms with Crippen LogP contribution in [0.1, 0.15) is 19.2 Å². The van der Waals surface area contributed by atoms with E-state index < -0.39 is 0 Å². The summed E-state index contributed by atoms with van der Waals surface area (Å²) in [5, 5.41) is 21.1. The number of aromatic nitrogens is 3. The zero-order chi connectivity index (χ0) is 12.1. The zero-order valence-corrected chi connectivity index (χ0v) is 10.3. The van der Waals surface area contributed by atoms with E-state index in [1.54, 1.807) is 6.33 Å². The molecule has 0 aromatic carbocycles. The topological polar surface area (TPSA) is 66.2 Å². The number of aliphatic hydroxyl groups is 1. The molecule has 2 heterocycles. The smallest absolute Gasteiger partial charge is 0.147 e. The fourth-order valence-electron chi connectivity index (χ4n) is 2.08. The van der Waals surface area contributed by atoms with E-state index >= 15 is 0 Å². The normalized spacial score (nSPS) is 18.0. The quantitative estimate of drug-likeness (QED) is 0.652.